The Bertz CT molecular complexity index is 691. The van der Waals surface area contributed by atoms with Crippen LogP contribution in [0.1, 0.15) is 30.9 Å². The van der Waals surface area contributed by atoms with Crippen LogP contribution in [-0.2, 0) is 9.59 Å². The van der Waals surface area contributed by atoms with Gasteiger partial charge in [0.05, 0.1) is 0 Å². The predicted molar refractivity (Wildman–Crippen MR) is 79.8 cm³/mol. The van der Waals surface area contributed by atoms with Crippen LogP contribution in [0.2, 0.25) is 0 Å². The summed E-state index contributed by atoms with van der Waals surface area (Å²) < 4.78 is 0. The summed E-state index contributed by atoms with van der Waals surface area (Å²) in [6.07, 6.45) is 2.76. The second kappa shape index (κ2) is 5.56. The van der Waals surface area contributed by atoms with Crippen molar-refractivity contribution in [1.29, 1.82) is 0 Å². The zero-order valence-electron chi connectivity index (χ0n) is 11.6. The molecule has 2 aromatic rings. The lowest BCUT2D eigenvalue weighted by atomic mass is 9.84. The van der Waals surface area contributed by atoms with Gasteiger partial charge in [0, 0.05) is 5.92 Å². The van der Waals surface area contributed by atoms with Crippen LogP contribution in [0.5, 0.6) is 0 Å². The molecule has 1 amide bonds. The Labute approximate surface area is 122 Å². The molecule has 2 N–H and O–H groups in total. The van der Waals surface area contributed by atoms with E-state index in [-0.39, 0.29) is 11.8 Å². The van der Waals surface area contributed by atoms with E-state index in [2.05, 4.69) is 5.32 Å². The highest BCUT2D eigenvalue weighted by Gasteiger charge is 2.29. The molecule has 0 aromatic heterocycles. The van der Waals surface area contributed by atoms with Crippen LogP contribution in [0.25, 0.3) is 10.8 Å². The highest BCUT2D eigenvalue weighted by Crippen LogP contribution is 2.28. The molecule has 2 aromatic carbocycles. The summed E-state index contributed by atoms with van der Waals surface area (Å²) in [7, 11) is 0. The minimum Gasteiger partial charge on any atom is -0.479 e. The lowest BCUT2D eigenvalue weighted by Gasteiger charge is -2.26. The smallest absolute Gasteiger partial charge is 0.330 e. The summed E-state index contributed by atoms with van der Waals surface area (Å²) in [5.41, 5.74) is 0.605. The lowest BCUT2D eigenvalue weighted by Crippen LogP contribution is -2.39. The van der Waals surface area contributed by atoms with Crippen molar-refractivity contribution in [3.8, 4) is 0 Å². The molecule has 1 fully saturated rings. The zero-order chi connectivity index (χ0) is 14.8. The van der Waals surface area contributed by atoms with Crippen molar-refractivity contribution in [2.75, 3.05) is 0 Å². The molecule has 4 heteroatoms. The third-order valence-electron chi connectivity index (χ3n) is 4.12. The van der Waals surface area contributed by atoms with Crippen LogP contribution in [-0.4, -0.2) is 17.0 Å². The molecule has 0 radical (unpaired) electrons. The van der Waals surface area contributed by atoms with Gasteiger partial charge < -0.3 is 10.4 Å². The SMILES string of the molecule is O=C(NC(C(=O)O)c1ccc2ccccc2c1)C1CCC1. The van der Waals surface area contributed by atoms with E-state index in [1.807, 2.05) is 36.4 Å². The number of aliphatic carboxylic acids is 1. The van der Waals surface area contributed by atoms with Crippen LogP contribution in [0.4, 0.5) is 0 Å². The Kier molecular flexibility index (Phi) is 3.60. The monoisotopic (exact) mass is 283 g/mol. The molecular weight excluding hydrogens is 266 g/mol. The molecular formula is C17H17NO3. The maximum Gasteiger partial charge on any atom is 0.330 e. The minimum absolute atomic E-state index is 0.0210. The van der Waals surface area contributed by atoms with Crippen molar-refractivity contribution in [3.05, 3.63) is 48.0 Å². The Balaban J connectivity index is 1.87. The van der Waals surface area contributed by atoms with E-state index in [1.54, 1.807) is 6.07 Å². The van der Waals surface area contributed by atoms with Gasteiger partial charge in [0.2, 0.25) is 5.91 Å². The first-order valence-electron chi connectivity index (χ1n) is 7.17. The number of fused-ring (bicyclic) bond motifs is 1. The average Bonchev–Trinajstić information content (AvgIpc) is 2.42. The second-order valence-corrected chi connectivity index (χ2v) is 5.51. The summed E-state index contributed by atoms with van der Waals surface area (Å²) in [5, 5.41) is 14.1. The quantitative estimate of drug-likeness (QED) is 0.906. The van der Waals surface area contributed by atoms with Gasteiger partial charge in [0.25, 0.3) is 0 Å². The van der Waals surface area contributed by atoms with Gasteiger partial charge in [-0.15, -0.1) is 0 Å². The Morgan fingerprint density at radius 3 is 2.43 bits per heavy atom. The molecule has 0 bridgehead atoms. The van der Waals surface area contributed by atoms with Crippen molar-refractivity contribution in [1.82, 2.24) is 5.32 Å². The van der Waals surface area contributed by atoms with Gasteiger partial charge in [-0.3, -0.25) is 4.79 Å². The van der Waals surface area contributed by atoms with Crippen molar-refractivity contribution < 1.29 is 14.7 Å². The fourth-order valence-corrected chi connectivity index (χ4v) is 2.61. The minimum atomic E-state index is -1.03. The maximum absolute atomic E-state index is 12.0. The number of hydrogen-bond acceptors (Lipinski definition) is 2. The standard InChI is InChI=1S/C17H17NO3/c19-16(12-6-3-7-12)18-15(17(20)21)14-9-8-11-4-1-2-5-13(11)10-14/h1-2,4-5,8-10,12,15H,3,6-7H2,(H,18,19)(H,20,21). The van der Waals surface area contributed by atoms with E-state index in [0.29, 0.717) is 5.56 Å². The number of carboxylic acid groups (broad SMARTS) is 1. The first-order valence-corrected chi connectivity index (χ1v) is 7.17. The van der Waals surface area contributed by atoms with Crippen molar-refractivity contribution in [2.45, 2.75) is 25.3 Å². The van der Waals surface area contributed by atoms with E-state index in [4.69, 9.17) is 0 Å². The van der Waals surface area contributed by atoms with Gasteiger partial charge >= 0.3 is 5.97 Å². The van der Waals surface area contributed by atoms with Crippen LogP contribution < -0.4 is 5.32 Å². The molecule has 1 aliphatic carbocycles. The number of carbonyl (C=O) groups excluding carboxylic acids is 1. The number of carbonyl (C=O) groups is 2. The third-order valence-corrected chi connectivity index (χ3v) is 4.12. The first-order chi connectivity index (χ1) is 10.1. The molecule has 1 aliphatic rings. The van der Waals surface area contributed by atoms with E-state index in [9.17, 15) is 14.7 Å². The Morgan fingerprint density at radius 1 is 1.10 bits per heavy atom. The molecule has 0 aliphatic heterocycles. The predicted octanol–water partition coefficient (Wildman–Crippen LogP) is 2.88. The van der Waals surface area contributed by atoms with Crippen LogP contribution >= 0.6 is 0 Å². The number of nitrogens with one attached hydrogen (secondary N) is 1. The van der Waals surface area contributed by atoms with Crippen molar-refractivity contribution >= 4 is 22.6 Å². The van der Waals surface area contributed by atoms with Gasteiger partial charge in [-0.1, -0.05) is 42.8 Å². The lowest BCUT2D eigenvalue weighted by molar-refractivity contribution is -0.143. The number of rotatable bonds is 4. The summed E-state index contributed by atoms with van der Waals surface area (Å²) in [5.74, 6) is -1.20. The summed E-state index contributed by atoms with van der Waals surface area (Å²) >= 11 is 0. The van der Waals surface area contributed by atoms with Crippen molar-refractivity contribution in [2.24, 2.45) is 5.92 Å². The molecule has 1 atom stereocenters. The van der Waals surface area contributed by atoms with Crippen LogP contribution in [0, 0.1) is 5.92 Å². The highest BCUT2D eigenvalue weighted by atomic mass is 16.4. The van der Waals surface area contributed by atoms with E-state index in [0.717, 1.165) is 30.0 Å². The zero-order valence-corrected chi connectivity index (χ0v) is 11.6. The number of amides is 1. The largest absolute Gasteiger partial charge is 0.479 e. The van der Waals surface area contributed by atoms with E-state index in [1.165, 1.54) is 0 Å². The normalized spacial score (nSPS) is 16.2. The number of carboxylic acids is 1. The van der Waals surface area contributed by atoms with Gasteiger partial charge in [-0.2, -0.15) is 0 Å². The van der Waals surface area contributed by atoms with E-state index < -0.39 is 12.0 Å². The molecule has 1 unspecified atom stereocenters. The maximum atomic E-state index is 12.0. The van der Waals surface area contributed by atoms with Gasteiger partial charge in [0.15, 0.2) is 6.04 Å². The fraction of sp³-hybridized carbons (Fsp3) is 0.294. The number of hydrogen-bond donors (Lipinski definition) is 2. The third kappa shape index (κ3) is 2.75. The van der Waals surface area contributed by atoms with Crippen LogP contribution in [0.3, 0.4) is 0 Å². The molecule has 0 heterocycles. The second-order valence-electron chi connectivity index (χ2n) is 5.51. The molecule has 4 nitrogen and oxygen atoms in total. The fourth-order valence-electron chi connectivity index (χ4n) is 2.61. The van der Waals surface area contributed by atoms with Gasteiger partial charge in [-0.25, -0.2) is 4.79 Å². The summed E-state index contributed by atoms with van der Waals surface area (Å²) in [4.78, 5) is 23.5. The molecule has 108 valence electrons. The van der Waals surface area contributed by atoms with E-state index >= 15 is 0 Å². The Hall–Kier alpha value is -2.36. The van der Waals surface area contributed by atoms with Crippen molar-refractivity contribution in [3.63, 3.8) is 0 Å². The number of benzene rings is 2. The molecule has 1 saturated carbocycles. The molecule has 21 heavy (non-hydrogen) atoms. The molecule has 3 rings (SSSR count). The highest BCUT2D eigenvalue weighted by molar-refractivity contribution is 5.88. The molecule has 0 saturated heterocycles. The topological polar surface area (TPSA) is 66.4 Å². The summed E-state index contributed by atoms with van der Waals surface area (Å²) in [6, 6.07) is 12.3. The van der Waals surface area contributed by atoms with Gasteiger partial charge in [-0.05, 0) is 35.2 Å². The Morgan fingerprint density at radius 2 is 1.81 bits per heavy atom. The summed E-state index contributed by atoms with van der Waals surface area (Å²) in [6.45, 7) is 0. The van der Waals surface area contributed by atoms with Gasteiger partial charge in [0.1, 0.15) is 0 Å². The first kappa shape index (κ1) is 13.6. The molecule has 0 spiro atoms. The average molecular weight is 283 g/mol. The van der Waals surface area contributed by atoms with Crippen LogP contribution in [0.15, 0.2) is 42.5 Å².